The summed E-state index contributed by atoms with van der Waals surface area (Å²) in [6.07, 6.45) is 0. The average Bonchev–Trinajstić information content (AvgIpc) is 2.67. The molecule has 0 aliphatic heterocycles. The molecule has 0 saturated heterocycles. The Morgan fingerprint density at radius 1 is 1.05 bits per heavy atom. The lowest BCUT2D eigenvalue weighted by Gasteiger charge is -2.07. The fraction of sp³-hybridized carbons (Fsp3) is 0.0714. The Bertz CT molecular complexity index is 798. The number of benzene rings is 2. The summed E-state index contributed by atoms with van der Waals surface area (Å²) in [6, 6.07) is 11.3. The van der Waals surface area contributed by atoms with E-state index in [0.29, 0.717) is 21.6 Å². The highest BCUT2D eigenvalue weighted by molar-refractivity contribution is 9.10. The Morgan fingerprint density at radius 2 is 1.80 bits per heavy atom. The van der Waals surface area contributed by atoms with Crippen LogP contribution >= 0.6 is 50.7 Å². The minimum absolute atomic E-state index is 0.499. The van der Waals surface area contributed by atoms with Crippen molar-refractivity contribution < 1.29 is 0 Å². The van der Waals surface area contributed by atoms with Crippen LogP contribution in [0.15, 0.2) is 41.1 Å². The maximum absolute atomic E-state index is 6.09. The van der Waals surface area contributed by atoms with Crippen molar-refractivity contribution in [1.82, 2.24) is 9.55 Å². The number of hydrogen-bond acceptors (Lipinski definition) is 1. The molecule has 0 aliphatic carbocycles. The molecule has 2 aromatic carbocycles. The molecule has 0 bridgehead atoms. The molecule has 0 spiro atoms. The zero-order valence-corrected chi connectivity index (χ0v) is 13.9. The number of imidazole rings is 1. The highest BCUT2D eigenvalue weighted by Gasteiger charge is 2.11. The highest BCUT2D eigenvalue weighted by Crippen LogP contribution is 2.30. The van der Waals surface area contributed by atoms with Gasteiger partial charge < -0.3 is 4.57 Å². The van der Waals surface area contributed by atoms with Crippen molar-refractivity contribution in [1.29, 1.82) is 0 Å². The highest BCUT2D eigenvalue weighted by atomic mass is 79.9. The number of halogens is 4. The predicted octanol–water partition coefficient (Wildman–Crippen LogP) is 5.81. The zero-order valence-electron chi connectivity index (χ0n) is 10.1. The second-order valence-corrected chi connectivity index (χ2v) is 6.31. The van der Waals surface area contributed by atoms with Gasteiger partial charge in [-0.05, 0) is 45.8 Å². The number of aromatic nitrogens is 2. The van der Waals surface area contributed by atoms with Crippen LogP contribution in [0.1, 0.15) is 5.56 Å². The number of rotatable bonds is 2. The largest absolute Gasteiger partial charge is 0.314 e. The van der Waals surface area contributed by atoms with Gasteiger partial charge in [0.1, 0.15) is 0 Å². The van der Waals surface area contributed by atoms with Crippen LogP contribution in [0.5, 0.6) is 0 Å². The third kappa shape index (κ3) is 2.68. The third-order valence-corrected chi connectivity index (χ3v) is 4.54. The minimum Gasteiger partial charge on any atom is -0.314 e. The Balaban J connectivity index is 2.11. The average molecular weight is 390 g/mol. The smallest absolute Gasteiger partial charge is 0.178 e. The van der Waals surface area contributed by atoms with E-state index in [2.05, 4.69) is 20.9 Å². The van der Waals surface area contributed by atoms with Crippen molar-refractivity contribution in [3.63, 3.8) is 0 Å². The van der Waals surface area contributed by atoms with Crippen molar-refractivity contribution >= 4 is 61.8 Å². The van der Waals surface area contributed by atoms with Gasteiger partial charge in [-0.15, -0.1) is 0 Å². The van der Waals surface area contributed by atoms with Crippen molar-refractivity contribution in [3.05, 3.63) is 61.8 Å². The summed E-state index contributed by atoms with van der Waals surface area (Å²) in [6.45, 7) is 0.648. The monoisotopic (exact) mass is 388 g/mol. The van der Waals surface area contributed by atoms with Gasteiger partial charge in [-0.3, -0.25) is 0 Å². The lowest BCUT2D eigenvalue weighted by molar-refractivity contribution is 0.800. The second kappa shape index (κ2) is 5.57. The summed E-state index contributed by atoms with van der Waals surface area (Å²) in [4.78, 5) is 4.44. The standard InChI is InChI=1S/C14H8BrCl3N2/c15-14-19-12-5-10(17)11(18)6-13(12)20(14)7-8-2-1-3-9(16)4-8/h1-6H,7H2. The topological polar surface area (TPSA) is 17.8 Å². The van der Waals surface area contributed by atoms with Crippen LogP contribution in [0.25, 0.3) is 11.0 Å². The van der Waals surface area contributed by atoms with Crippen molar-refractivity contribution in [2.75, 3.05) is 0 Å². The van der Waals surface area contributed by atoms with E-state index in [1.54, 1.807) is 6.07 Å². The van der Waals surface area contributed by atoms with Crippen LogP contribution in [-0.4, -0.2) is 9.55 Å². The summed E-state index contributed by atoms with van der Waals surface area (Å²) >= 11 is 21.6. The molecule has 0 unspecified atom stereocenters. The van der Waals surface area contributed by atoms with E-state index in [1.165, 1.54) is 0 Å². The third-order valence-electron chi connectivity index (χ3n) is 2.97. The van der Waals surface area contributed by atoms with Gasteiger partial charge in [0.05, 0.1) is 27.6 Å². The van der Waals surface area contributed by atoms with Crippen molar-refractivity contribution in [3.8, 4) is 0 Å². The van der Waals surface area contributed by atoms with Gasteiger partial charge in [0.15, 0.2) is 4.73 Å². The normalized spacial score (nSPS) is 11.2. The maximum atomic E-state index is 6.09. The van der Waals surface area contributed by atoms with Crippen LogP contribution in [0.3, 0.4) is 0 Å². The second-order valence-electron chi connectivity index (χ2n) is 4.35. The molecule has 0 amide bonds. The summed E-state index contributed by atoms with van der Waals surface area (Å²) in [5.74, 6) is 0. The lowest BCUT2D eigenvalue weighted by Crippen LogP contribution is -1.99. The first-order valence-corrected chi connectivity index (χ1v) is 7.72. The molecular formula is C14H8BrCl3N2. The minimum atomic E-state index is 0.499. The number of hydrogen-bond donors (Lipinski definition) is 0. The van der Waals surface area contributed by atoms with Gasteiger partial charge in [0, 0.05) is 5.02 Å². The van der Waals surface area contributed by atoms with Crippen molar-refractivity contribution in [2.45, 2.75) is 6.54 Å². The molecule has 102 valence electrons. The SMILES string of the molecule is Clc1cccc(Cn2c(Br)nc3cc(Cl)c(Cl)cc32)c1. The van der Waals surface area contributed by atoms with E-state index in [4.69, 9.17) is 34.8 Å². The molecule has 2 nitrogen and oxygen atoms in total. The lowest BCUT2D eigenvalue weighted by atomic mass is 10.2. The molecule has 1 heterocycles. The van der Waals surface area contributed by atoms with Crippen LogP contribution < -0.4 is 0 Å². The van der Waals surface area contributed by atoms with E-state index < -0.39 is 0 Å². The van der Waals surface area contributed by atoms with E-state index in [0.717, 1.165) is 21.3 Å². The van der Waals surface area contributed by atoms with Gasteiger partial charge in [-0.25, -0.2) is 4.98 Å². The van der Waals surface area contributed by atoms with Crippen LogP contribution in [0.4, 0.5) is 0 Å². The van der Waals surface area contributed by atoms with Crippen LogP contribution in [0.2, 0.25) is 15.1 Å². The first-order valence-electron chi connectivity index (χ1n) is 5.80. The Labute approximate surface area is 139 Å². The van der Waals surface area contributed by atoms with Crippen LogP contribution in [0, 0.1) is 0 Å². The molecule has 0 atom stereocenters. The molecule has 0 N–H and O–H groups in total. The summed E-state index contributed by atoms with van der Waals surface area (Å²) in [5, 5.41) is 1.72. The Morgan fingerprint density at radius 3 is 2.55 bits per heavy atom. The van der Waals surface area contributed by atoms with E-state index in [9.17, 15) is 0 Å². The van der Waals surface area contributed by atoms with Gasteiger partial charge in [-0.2, -0.15) is 0 Å². The quantitative estimate of drug-likeness (QED) is 0.540. The first kappa shape index (κ1) is 14.2. The zero-order chi connectivity index (χ0) is 14.3. The van der Waals surface area contributed by atoms with Gasteiger partial charge in [0.2, 0.25) is 0 Å². The van der Waals surface area contributed by atoms with Gasteiger partial charge >= 0.3 is 0 Å². The van der Waals surface area contributed by atoms with Crippen LogP contribution in [-0.2, 0) is 6.54 Å². The van der Waals surface area contributed by atoms with Crippen molar-refractivity contribution in [2.24, 2.45) is 0 Å². The molecule has 3 rings (SSSR count). The van der Waals surface area contributed by atoms with Gasteiger partial charge in [0.25, 0.3) is 0 Å². The Hall–Kier alpha value is -0.740. The number of fused-ring (bicyclic) bond motifs is 1. The Kier molecular flexibility index (Phi) is 3.95. The number of nitrogens with zero attached hydrogens (tertiary/aromatic N) is 2. The van der Waals surface area contributed by atoms with E-state index >= 15 is 0 Å². The maximum Gasteiger partial charge on any atom is 0.178 e. The molecule has 0 fully saturated rings. The molecule has 6 heteroatoms. The molecule has 0 saturated carbocycles. The summed E-state index contributed by atoms with van der Waals surface area (Å²) < 4.78 is 2.74. The molecule has 0 aliphatic rings. The van der Waals surface area contributed by atoms with E-state index in [1.807, 2.05) is 34.9 Å². The molecule has 3 aromatic rings. The predicted molar refractivity (Wildman–Crippen MR) is 88.0 cm³/mol. The summed E-state index contributed by atoms with van der Waals surface area (Å²) in [5.41, 5.74) is 2.81. The van der Waals surface area contributed by atoms with Gasteiger partial charge in [-0.1, -0.05) is 46.9 Å². The first-order chi connectivity index (χ1) is 9.54. The summed E-state index contributed by atoms with van der Waals surface area (Å²) in [7, 11) is 0. The molecule has 1 aromatic heterocycles. The fourth-order valence-corrected chi connectivity index (χ4v) is 3.10. The molecule has 0 radical (unpaired) electrons. The van der Waals surface area contributed by atoms with E-state index in [-0.39, 0.29) is 0 Å². The fourth-order valence-electron chi connectivity index (χ4n) is 2.06. The molecular weight excluding hydrogens is 382 g/mol. The molecule has 20 heavy (non-hydrogen) atoms.